The summed E-state index contributed by atoms with van der Waals surface area (Å²) in [6.45, 7) is 0.605. The van der Waals surface area contributed by atoms with Crippen molar-refractivity contribution in [1.29, 1.82) is 0 Å². The summed E-state index contributed by atoms with van der Waals surface area (Å²) in [5.74, 6) is -0.294. The average Bonchev–Trinajstić information content (AvgIpc) is 2.42. The second kappa shape index (κ2) is 7.67. The summed E-state index contributed by atoms with van der Waals surface area (Å²) < 4.78 is 0. The fraction of sp³-hybridized carbons (Fsp3) is 0.500. The molecule has 0 spiro atoms. The molecule has 2 amide bonds. The van der Waals surface area contributed by atoms with Crippen LogP contribution in [0.25, 0.3) is 0 Å². The Morgan fingerprint density at radius 2 is 1.95 bits per heavy atom. The van der Waals surface area contributed by atoms with Gasteiger partial charge in [-0.3, -0.25) is 0 Å². The van der Waals surface area contributed by atoms with Crippen LogP contribution in [0.4, 0.5) is 4.79 Å². The molecule has 0 radical (unpaired) electrons. The van der Waals surface area contributed by atoms with Gasteiger partial charge in [-0.15, -0.1) is 0 Å². The van der Waals surface area contributed by atoms with Gasteiger partial charge in [-0.2, -0.15) is 0 Å². The van der Waals surface area contributed by atoms with Gasteiger partial charge in [0, 0.05) is 13.0 Å². The summed E-state index contributed by atoms with van der Waals surface area (Å²) in [4.78, 5) is 23.0. The Morgan fingerprint density at radius 1 is 1.24 bits per heavy atom. The Labute approximate surface area is 124 Å². The van der Waals surface area contributed by atoms with Gasteiger partial charge in [0.05, 0.1) is 0 Å². The fourth-order valence-corrected chi connectivity index (χ4v) is 2.43. The van der Waals surface area contributed by atoms with Crippen LogP contribution >= 0.6 is 0 Å². The van der Waals surface area contributed by atoms with Crippen molar-refractivity contribution >= 4 is 12.0 Å². The Balaban J connectivity index is 1.75. The van der Waals surface area contributed by atoms with Crippen LogP contribution in [-0.2, 0) is 11.2 Å². The van der Waals surface area contributed by atoms with Gasteiger partial charge in [-0.1, -0.05) is 49.6 Å². The van der Waals surface area contributed by atoms with Gasteiger partial charge < -0.3 is 15.7 Å². The topological polar surface area (TPSA) is 78.4 Å². The molecule has 1 aromatic carbocycles. The smallest absolute Gasteiger partial charge is 0.326 e. The van der Waals surface area contributed by atoms with Gasteiger partial charge in [0.2, 0.25) is 0 Å². The zero-order valence-electron chi connectivity index (χ0n) is 12.0. The summed E-state index contributed by atoms with van der Waals surface area (Å²) in [7, 11) is 0. The van der Waals surface area contributed by atoms with Gasteiger partial charge in [0.15, 0.2) is 0 Å². The second-order valence-electron chi connectivity index (χ2n) is 5.57. The van der Waals surface area contributed by atoms with E-state index in [2.05, 4.69) is 10.6 Å². The molecule has 0 unspecified atom stereocenters. The molecule has 1 aromatic rings. The predicted molar refractivity (Wildman–Crippen MR) is 80.1 cm³/mol. The van der Waals surface area contributed by atoms with Crippen LogP contribution in [0.5, 0.6) is 0 Å². The van der Waals surface area contributed by atoms with Crippen molar-refractivity contribution in [3.05, 3.63) is 35.9 Å². The third kappa shape index (κ3) is 5.10. The van der Waals surface area contributed by atoms with Crippen molar-refractivity contribution in [2.24, 2.45) is 5.92 Å². The third-order valence-electron chi connectivity index (χ3n) is 3.95. The van der Waals surface area contributed by atoms with Gasteiger partial charge in [0.25, 0.3) is 0 Å². The maximum absolute atomic E-state index is 11.8. The zero-order valence-corrected chi connectivity index (χ0v) is 12.0. The van der Waals surface area contributed by atoms with Crippen molar-refractivity contribution in [1.82, 2.24) is 10.6 Å². The summed E-state index contributed by atoms with van der Waals surface area (Å²) in [5, 5.41) is 14.5. The standard InChI is InChI=1S/C16H22N2O3/c19-15(20)14(11-13-5-2-1-3-6-13)18-16(21)17-10-9-12-7-4-8-12/h1-3,5-6,12,14H,4,7-11H2,(H,19,20)(H2,17,18,21)/t14-/m1/s1. The highest BCUT2D eigenvalue weighted by Gasteiger charge is 2.21. The molecule has 1 aliphatic carbocycles. The largest absolute Gasteiger partial charge is 0.480 e. The number of carbonyl (C=O) groups is 2. The summed E-state index contributed by atoms with van der Waals surface area (Å²) >= 11 is 0. The molecular weight excluding hydrogens is 268 g/mol. The molecule has 5 heteroatoms. The number of rotatable bonds is 7. The molecule has 1 atom stereocenters. The molecule has 2 rings (SSSR count). The summed E-state index contributed by atoms with van der Waals surface area (Å²) in [6, 6.07) is 7.98. The van der Waals surface area contributed by atoms with E-state index in [1.165, 1.54) is 19.3 Å². The first-order valence-electron chi connectivity index (χ1n) is 7.46. The molecule has 0 bridgehead atoms. The van der Waals surface area contributed by atoms with Crippen LogP contribution in [0, 0.1) is 5.92 Å². The van der Waals surface area contributed by atoms with E-state index >= 15 is 0 Å². The fourth-order valence-electron chi connectivity index (χ4n) is 2.43. The van der Waals surface area contributed by atoms with Crippen LogP contribution < -0.4 is 10.6 Å². The van der Waals surface area contributed by atoms with Crippen LogP contribution in [0.2, 0.25) is 0 Å². The minimum atomic E-state index is -1.02. The molecular formula is C16H22N2O3. The highest BCUT2D eigenvalue weighted by atomic mass is 16.4. The molecule has 114 valence electrons. The minimum absolute atomic E-state index is 0.284. The van der Waals surface area contributed by atoms with E-state index in [9.17, 15) is 14.7 Å². The van der Waals surface area contributed by atoms with Crippen LogP contribution in [0.1, 0.15) is 31.2 Å². The van der Waals surface area contributed by atoms with E-state index in [-0.39, 0.29) is 6.42 Å². The van der Waals surface area contributed by atoms with E-state index < -0.39 is 18.0 Å². The Kier molecular flexibility index (Phi) is 5.60. The van der Waals surface area contributed by atoms with Crippen LogP contribution in [-0.4, -0.2) is 29.7 Å². The number of carboxylic acid groups (broad SMARTS) is 1. The van der Waals surface area contributed by atoms with Crippen molar-refractivity contribution < 1.29 is 14.7 Å². The molecule has 1 aliphatic rings. The molecule has 5 nitrogen and oxygen atoms in total. The quantitative estimate of drug-likeness (QED) is 0.720. The molecule has 0 saturated heterocycles. The zero-order chi connectivity index (χ0) is 15.1. The molecule has 0 heterocycles. The van der Waals surface area contributed by atoms with E-state index in [0.29, 0.717) is 6.54 Å². The molecule has 1 fully saturated rings. The number of urea groups is 1. The van der Waals surface area contributed by atoms with E-state index in [1.807, 2.05) is 30.3 Å². The second-order valence-corrected chi connectivity index (χ2v) is 5.57. The SMILES string of the molecule is O=C(NCCC1CCC1)N[C@H](Cc1ccccc1)C(=O)O. The lowest BCUT2D eigenvalue weighted by Crippen LogP contribution is -2.47. The van der Waals surface area contributed by atoms with Gasteiger partial charge >= 0.3 is 12.0 Å². The third-order valence-corrected chi connectivity index (χ3v) is 3.95. The Morgan fingerprint density at radius 3 is 2.52 bits per heavy atom. The predicted octanol–water partition coefficient (Wildman–Crippen LogP) is 2.17. The first-order valence-corrected chi connectivity index (χ1v) is 7.46. The number of nitrogens with one attached hydrogen (secondary N) is 2. The molecule has 1 saturated carbocycles. The molecule has 0 aromatic heterocycles. The summed E-state index contributed by atoms with van der Waals surface area (Å²) in [6.07, 6.45) is 5.04. The number of carboxylic acids is 1. The van der Waals surface area contributed by atoms with Gasteiger partial charge in [-0.05, 0) is 17.9 Å². The van der Waals surface area contributed by atoms with Crippen molar-refractivity contribution in [3.63, 3.8) is 0 Å². The normalized spacial score (nSPS) is 15.8. The van der Waals surface area contributed by atoms with Gasteiger partial charge in [0.1, 0.15) is 6.04 Å². The number of hydrogen-bond acceptors (Lipinski definition) is 2. The van der Waals surface area contributed by atoms with E-state index in [1.54, 1.807) is 0 Å². The molecule has 0 aliphatic heterocycles. The maximum Gasteiger partial charge on any atom is 0.326 e. The lowest BCUT2D eigenvalue weighted by atomic mass is 9.83. The van der Waals surface area contributed by atoms with Gasteiger partial charge in [-0.25, -0.2) is 9.59 Å². The molecule has 3 N–H and O–H groups in total. The molecule has 21 heavy (non-hydrogen) atoms. The Hall–Kier alpha value is -2.04. The van der Waals surface area contributed by atoms with Crippen molar-refractivity contribution in [3.8, 4) is 0 Å². The number of carbonyl (C=O) groups excluding carboxylic acids is 1. The minimum Gasteiger partial charge on any atom is -0.480 e. The summed E-state index contributed by atoms with van der Waals surface area (Å²) in [5.41, 5.74) is 0.889. The Bertz CT molecular complexity index is 472. The monoisotopic (exact) mass is 290 g/mol. The number of benzene rings is 1. The van der Waals surface area contributed by atoms with E-state index in [0.717, 1.165) is 17.9 Å². The van der Waals surface area contributed by atoms with Crippen LogP contribution in [0.15, 0.2) is 30.3 Å². The van der Waals surface area contributed by atoms with E-state index in [4.69, 9.17) is 0 Å². The highest BCUT2D eigenvalue weighted by Crippen LogP contribution is 2.28. The average molecular weight is 290 g/mol. The number of aliphatic carboxylic acids is 1. The number of hydrogen-bond donors (Lipinski definition) is 3. The first kappa shape index (κ1) is 15.4. The number of amides is 2. The van der Waals surface area contributed by atoms with Crippen LogP contribution in [0.3, 0.4) is 0 Å². The van der Waals surface area contributed by atoms with Crippen molar-refractivity contribution in [2.45, 2.75) is 38.1 Å². The maximum atomic E-state index is 11.8. The first-order chi connectivity index (χ1) is 10.1. The lowest BCUT2D eigenvalue weighted by molar-refractivity contribution is -0.139. The van der Waals surface area contributed by atoms with Crippen molar-refractivity contribution in [2.75, 3.05) is 6.54 Å². The highest BCUT2D eigenvalue weighted by molar-refractivity contribution is 5.82. The lowest BCUT2D eigenvalue weighted by Gasteiger charge is -2.25.